The smallest absolute Gasteiger partial charge is 0.406 e. The number of likely N-dealkylation sites (N-methyl/N-ethyl adjacent to an activating group) is 1. The molecule has 0 unspecified atom stereocenters. The number of aryl methyl sites for hydroxylation is 1. The zero-order chi connectivity index (χ0) is 24.3. The number of fused-ring (bicyclic) bond motifs is 1. The number of alkyl halides is 3. The van der Waals surface area contributed by atoms with Crippen molar-refractivity contribution in [3.05, 3.63) is 53.7 Å². The third-order valence-electron chi connectivity index (χ3n) is 5.28. The number of nitrogens with one attached hydrogen (secondary N) is 1. The summed E-state index contributed by atoms with van der Waals surface area (Å²) in [6, 6.07) is 8.63. The summed E-state index contributed by atoms with van der Waals surface area (Å²) in [5.74, 6) is 0.249. The lowest BCUT2D eigenvalue weighted by Gasteiger charge is -2.32. The summed E-state index contributed by atoms with van der Waals surface area (Å²) < 4.78 is 40.5. The van der Waals surface area contributed by atoms with Crippen LogP contribution in [0, 0.1) is 6.92 Å². The fourth-order valence-electron chi connectivity index (χ4n) is 3.48. The Balaban J connectivity index is 1.42. The lowest BCUT2D eigenvalue weighted by Crippen LogP contribution is -2.45. The van der Waals surface area contributed by atoms with Gasteiger partial charge in [-0.2, -0.15) is 0 Å². The van der Waals surface area contributed by atoms with Gasteiger partial charge in [0.25, 0.3) is 0 Å². The topological polar surface area (TPSA) is 83.5 Å². The molecule has 1 amide bonds. The Morgan fingerprint density at radius 1 is 1.03 bits per heavy atom. The zero-order valence-electron chi connectivity index (χ0n) is 18.6. The predicted octanol–water partition coefficient (Wildman–Crippen LogP) is 3.64. The van der Waals surface area contributed by atoms with Gasteiger partial charge in [-0.3, -0.25) is 4.79 Å². The number of piperazine rings is 1. The second-order valence-electron chi connectivity index (χ2n) is 7.90. The van der Waals surface area contributed by atoms with Gasteiger partial charge in [-0.25, -0.2) is 15.0 Å². The van der Waals surface area contributed by atoms with Gasteiger partial charge in [0, 0.05) is 32.3 Å². The molecule has 11 heteroatoms. The number of carbonyl (C=O) groups is 1. The summed E-state index contributed by atoms with van der Waals surface area (Å²) in [6.07, 6.45) is -2.00. The molecule has 1 N–H and O–H groups in total. The molecular formula is C23H23F3N6O2. The van der Waals surface area contributed by atoms with Gasteiger partial charge in [0.15, 0.2) is 0 Å². The summed E-state index contributed by atoms with van der Waals surface area (Å²) in [5.41, 5.74) is 2.54. The van der Waals surface area contributed by atoms with Crippen molar-refractivity contribution in [3.63, 3.8) is 0 Å². The molecule has 2 aromatic heterocycles. The van der Waals surface area contributed by atoms with E-state index in [0.717, 1.165) is 26.2 Å². The predicted molar refractivity (Wildman–Crippen MR) is 123 cm³/mol. The standard InChI is InChI=1S/C23H23F3N6O2/c1-15-21-18(28-22(27-15)32-13-11-31(2)12-14-32)8-9-19(30-21)29-20(33)10-5-16-3-6-17(7-4-16)34-23(24,25)26/h3-10H,11-14H2,1-2H3,(H,29,30,33). The molecule has 4 rings (SSSR count). The maximum atomic E-state index is 12.3. The average Bonchev–Trinajstić information content (AvgIpc) is 2.78. The first-order chi connectivity index (χ1) is 16.2. The van der Waals surface area contributed by atoms with Crippen LogP contribution >= 0.6 is 0 Å². The highest BCUT2D eigenvalue weighted by Gasteiger charge is 2.30. The largest absolute Gasteiger partial charge is 0.573 e. The van der Waals surface area contributed by atoms with Gasteiger partial charge in [0.1, 0.15) is 17.1 Å². The Labute approximate surface area is 194 Å². The van der Waals surface area contributed by atoms with E-state index in [4.69, 9.17) is 0 Å². The molecule has 178 valence electrons. The van der Waals surface area contributed by atoms with Crippen LogP contribution in [0.25, 0.3) is 17.1 Å². The Hall–Kier alpha value is -3.73. The van der Waals surface area contributed by atoms with Crippen LogP contribution in [0.15, 0.2) is 42.5 Å². The van der Waals surface area contributed by atoms with Crippen LogP contribution in [0.4, 0.5) is 24.9 Å². The first kappa shape index (κ1) is 23.4. The van der Waals surface area contributed by atoms with E-state index in [2.05, 4.69) is 41.9 Å². The van der Waals surface area contributed by atoms with Gasteiger partial charge in [-0.05, 0) is 49.9 Å². The Morgan fingerprint density at radius 2 is 1.74 bits per heavy atom. The van der Waals surface area contributed by atoms with E-state index in [0.29, 0.717) is 34.1 Å². The summed E-state index contributed by atoms with van der Waals surface area (Å²) in [4.78, 5) is 30.4. The number of rotatable bonds is 5. The van der Waals surface area contributed by atoms with E-state index in [1.165, 1.54) is 36.4 Å². The highest BCUT2D eigenvalue weighted by molar-refractivity contribution is 6.01. The Kier molecular flexibility index (Phi) is 6.64. The molecule has 0 aliphatic carbocycles. The van der Waals surface area contributed by atoms with E-state index in [-0.39, 0.29) is 5.75 Å². The fourth-order valence-corrected chi connectivity index (χ4v) is 3.48. The van der Waals surface area contributed by atoms with Gasteiger partial charge < -0.3 is 19.9 Å². The number of benzene rings is 1. The Morgan fingerprint density at radius 3 is 2.41 bits per heavy atom. The van der Waals surface area contributed by atoms with E-state index in [9.17, 15) is 18.0 Å². The van der Waals surface area contributed by atoms with Gasteiger partial charge in [-0.15, -0.1) is 13.2 Å². The van der Waals surface area contributed by atoms with Crippen molar-refractivity contribution in [2.75, 3.05) is 43.4 Å². The Bertz CT molecular complexity index is 1210. The molecule has 0 spiro atoms. The van der Waals surface area contributed by atoms with Crippen LogP contribution in [0.5, 0.6) is 5.75 Å². The first-order valence-electron chi connectivity index (χ1n) is 10.6. The van der Waals surface area contributed by atoms with Crippen molar-refractivity contribution in [2.45, 2.75) is 13.3 Å². The normalized spacial score (nSPS) is 15.1. The summed E-state index contributed by atoms with van der Waals surface area (Å²) in [7, 11) is 2.09. The van der Waals surface area contributed by atoms with E-state index < -0.39 is 12.3 Å². The molecule has 1 aliphatic rings. The average molecular weight is 472 g/mol. The minimum absolute atomic E-state index is 0.331. The number of pyridine rings is 1. The molecule has 34 heavy (non-hydrogen) atoms. The maximum Gasteiger partial charge on any atom is 0.573 e. The van der Waals surface area contributed by atoms with E-state index in [1.54, 1.807) is 12.1 Å². The molecular weight excluding hydrogens is 449 g/mol. The van der Waals surface area contributed by atoms with Crippen LogP contribution in [0.3, 0.4) is 0 Å². The number of aromatic nitrogens is 3. The van der Waals surface area contributed by atoms with Crippen molar-refractivity contribution < 1.29 is 22.7 Å². The van der Waals surface area contributed by atoms with Crippen LogP contribution < -0.4 is 15.0 Å². The van der Waals surface area contributed by atoms with Gasteiger partial charge in [0.2, 0.25) is 11.9 Å². The van der Waals surface area contributed by atoms with Crippen molar-refractivity contribution >= 4 is 34.8 Å². The van der Waals surface area contributed by atoms with Crippen molar-refractivity contribution in [1.82, 2.24) is 19.9 Å². The van der Waals surface area contributed by atoms with E-state index >= 15 is 0 Å². The minimum atomic E-state index is -4.75. The first-order valence-corrected chi connectivity index (χ1v) is 10.6. The summed E-state index contributed by atoms with van der Waals surface area (Å²) in [5, 5.41) is 2.68. The zero-order valence-corrected chi connectivity index (χ0v) is 18.6. The lowest BCUT2D eigenvalue weighted by atomic mass is 10.2. The monoisotopic (exact) mass is 472 g/mol. The van der Waals surface area contributed by atoms with Gasteiger partial charge in [-0.1, -0.05) is 12.1 Å². The maximum absolute atomic E-state index is 12.3. The summed E-state index contributed by atoms with van der Waals surface area (Å²) >= 11 is 0. The van der Waals surface area contributed by atoms with Crippen molar-refractivity contribution in [2.24, 2.45) is 0 Å². The SMILES string of the molecule is Cc1nc(N2CCN(C)CC2)nc2ccc(NC(=O)C=Cc3ccc(OC(F)(F)F)cc3)nc12. The van der Waals surface area contributed by atoms with Crippen molar-refractivity contribution in [1.29, 1.82) is 0 Å². The molecule has 3 heterocycles. The second kappa shape index (κ2) is 9.64. The molecule has 0 atom stereocenters. The number of hydrogen-bond donors (Lipinski definition) is 1. The molecule has 8 nitrogen and oxygen atoms in total. The van der Waals surface area contributed by atoms with Crippen molar-refractivity contribution in [3.8, 4) is 5.75 Å². The van der Waals surface area contributed by atoms with Gasteiger partial charge in [0.05, 0.1) is 11.2 Å². The number of amides is 1. The fraction of sp³-hybridized carbons (Fsp3) is 0.304. The van der Waals surface area contributed by atoms with Gasteiger partial charge >= 0.3 is 6.36 Å². The molecule has 0 bridgehead atoms. The molecule has 0 radical (unpaired) electrons. The number of ether oxygens (including phenoxy) is 1. The number of halogens is 3. The molecule has 1 aromatic carbocycles. The number of nitrogens with zero attached hydrogens (tertiary/aromatic N) is 5. The molecule has 1 saturated heterocycles. The van der Waals surface area contributed by atoms with Crippen LogP contribution in [-0.2, 0) is 4.79 Å². The van der Waals surface area contributed by atoms with Crippen LogP contribution in [-0.4, -0.2) is 65.3 Å². The highest BCUT2D eigenvalue weighted by Crippen LogP contribution is 2.23. The number of carbonyl (C=O) groups excluding carboxylic acids is 1. The lowest BCUT2D eigenvalue weighted by molar-refractivity contribution is -0.274. The molecule has 0 saturated carbocycles. The third kappa shape index (κ3) is 5.98. The van der Waals surface area contributed by atoms with Crippen LogP contribution in [0.1, 0.15) is 11.3 Å². The third-order valence-corrected chi connectivity index (χ3v) is 5.28. The van der Waals surface area contributed by atoms with Crippen LogP contribution in [0.2, 0.25) is 0 Å². The molecule has 1 aliphatic heterocycles. The molecule has 1 fully saturated rings. The number of anilines is 2. The summed E-state index contributed by atoms with van der Waals surface area (Å²) in [6.45, 7) is 5.46. The second-order valence-corrected chi connectivity index (χ2v) is 7.90. The molecule has 3 aromatic rings. The van der Waals surface area contributed by atoms with E-state index in [1.807, 2.05) is 6.92 Å². The highest BCUT2D eigenvalue weighted by atomic mass is 19.4. The quantitative estimate of drug-likeness (QED) is 0.568. The number of hydrogen-bond acceptors (Lipinski definition) is 7. The minimum Gasteiger partial charge on any atom is -0.406 e.